The summed E-state index contributed by atoms with van der Waals surface area (Å²) in [6.07, 6.45) is 5.56. The fourth-order valence-corrected chi connectivity index (χ4v) is 5.49. The number of sulfonamides is 1. The molecular formula is C25H27N3O3S. The van der Waals surface area contributed by atoms with Gasteiger partial charge in [0.25, 0.3) is 5.91 Å². The minimum Gasteiger partial charge on any atom is -0.356 e. The molecule has 2 aliphatic carbocycles. The maximum Gasteiger partial charge on any atom is 0.268 e. The SMILES string of the molecule is O=C(NC(c1ccccc1)C1CC1)c1cc(S(=O)(=O)NC(c2ccccc2)C2CC2)c[nH]1. The molecule has 1 heterocycles. The molecule has 2 atom stereocenters. The summed E-state index contributed by atoms with van der Waals surface area (Å²) >= 11 is 0. The third-order valence-electron chi connectivity index (χ3n) is 6.28. The largest absolute Gasteiger partial charge is 0.356 e. The molecule has 0 spiro atoms. The number of aromatic amines is 1. The van der Waals surface area contributed by atoms with E-state index in [-0.39, 0.29) is 28.6 Å². The van der Waals surface area contributed by atoms with E-state index < -0.39 is 10.0 Å². The molecule has 1 aromatic heterocycles. The molecule has 0 saturated heterocycles. The van der Waals surface area contributed by atoms with Gasteiger partial charge < -0.3 is 10.3 Å². The lowest BCUT2D eigenvalue weighted by Crippen LogP contribution is -2.30. The smallest absolute Gasteiger partial charge is 0.268 e. The topological polar surface area (TPSA) is 91.1 Å². The minimum absolute atomic E-state index is 0.0671. The van der Waals surface area contributed by atoms with E-state index in [1.165, 1.54) is 12.3 Å². The Kier molecular flexibility index (Phi) is 5.61. The number of benzene rings is 2. The molecule has 0 aliphatic heterocycles. The Balaban J connectivity index is 1.31. The first-order valence-electron chi connectivity index (χ1n) is 11.1. The molecule has 5 rings (SSSR count). The molecule has 3 aromatic rings. The average molecular weight is 450 g/mol. The molecule has 32 heavy (non-hydrogen) atoms. The number of carbonyl (C=O) groups is 1. The van der Waals surface area contributed by atoms with E-state index in [0.717, 1.165) is 36.8 Å². The first kappa shape index (κ1) is 21.0. The number of carbonyl (C=O) groups excluding carboxylic acids is 1. The van der Waals surface area contributed by atoms with Gasteiger partial charge in [-0.05, 0) is 54.7 Å². The highest BCUT2D eigenvalue weighted by Gasteiger charge is 2.36. The first-order chi connectivity index (χ1) is 15.5. The zero-order chi connectivity index (χ0) is 22.1. The standard InChI is InChI=1S/C25H27N3O3S/c29-25(27-23(19-11-12-19)17-7-3-1-4-8-17)22-15-21(16-26-22)32(30,31)28-24(20-13-14-20)18-9-5-2-6-10-18/h1-10,15-16,19-20,23-24,26,28H,11-14H2,(H,27,29). The van der Waals surface area contributed by atoms with Crippen molar-refractivity contribution in [3.05, 3.63) is 89.7 Å². The Hall–Kier alpha value is -2.90. The Labute approximate surface area is 188 Å². The lowest BCUT2D eigenvalue weighted by molar-refractivity contribution is 0.0927. The van der Waals surface area contributed by atoms with Crippen LogP contribution in [0.25, 0.3) is 0 Å². The second-order valence-corrected chi connectivity index (χ2v) is 10.5. The van der Waals surface area contributed by atoms with Gasteiger partial charge in [-0.3, -0.25) is 4.79 Å². The molecule has 2 aliphatic rings. The molecule has 7 heteroatoms. The van der Waals surface area contributed by atoms with Crippen LogP contribution in [0.2, 0.25) is 0 Å². The summed E-state index contributed by atoms with van der Waals surface area (Å²) in [4.78, 5) is 15.8. The van der Waals surface area contributed by atoms with Crippen LogP contribution in [-0.2, 0) is 10.0 Å². The Morgan fingerprint density at radius 2 is 1.38 bits per heavy atom. The fraction of sp³-hybridized carbons (Fsp3) is 0.320. The molecule has 2 unspecified atom stereocenters. The Bertz CT molecular complexity index is 1180. The number of amides is 1. The molecule has 0 radical (unpaired) electrons. The summed E-state index contributed by atoms with van der Waals surface area (Å²) in [5.41, 5.74) is 2.27. The van der Waals surface area contributed by atoms with Crippen LogP contribution in [-0.4, -0.2) is 19.3 Å². The van der Waals surface area contributed by atoms with Crippen LogP contribution in [0.1, 0.15) is 59.4 Å². The van der Waals surface area contributed by atoms with E-state index in [2.05, 4.69) is 15.0 Å². The third kappa shape index (κ3) is 4.64. The number of aromatic nitrogens is 1. The van der Waals surface area contributed by atoms with Crippen molar-refractivity contribution in [2.45, 2.75) is 42.7 Å². The average Bonchev–Trinajstić information content (AvgIpc) is 3.75. The lowest BCUT2D eigenvalue weighted by Gasteiger charge is -2.18. The highest BCUT2D eigenvalue weighted by molar-refractivity contribution is 7.89. The Morgan fingerprint density at radius 1 is 0.844 bits per heavy atom. The van der Waals surface area contributed by atoms with Crippen molar-refractivity contribution < 1.29 is 13.2 Å². The van der Waals surface area contributed by atoms with Crippen molar-refractivity contribution in [3.8, 4) is 0 Å². The van der Waals surface area contributed by atoms with Gasteiger partial charge in [-0.25, -0.2) is 13.1 Å². The summed E-state index contributed by atoms with van der Waals surface area (Å²) in [6.45, 7) is 0. The van der Waals surface area contributed by atoms with Crippen molar-refractivity contribution in [1.82, 2.24) is 15.0 Å². The van der Waals surface area contributed by atoms with Gasteiger partial charge in [-0.1, -0.05) is 60.7 Å². The molecule has 2 aromatic carbocycles. The first-order valence-corrected chi connectivity index (χ1v) is 12.6. The zero-order valence-corrected chi connectivity index (χ0v) is 18.5. The van der Waals surface area contributed by atoms with Gasteiger partial charge in [0.15, 0.2) is 0 Å². The van der Waals surface area contributed by atoms with Gasteiger partial charge in [0.1, 0.15) is 10.6 Å². The van der Waals surface area contributed by atoms with E-state index in [1.807, 2.05) is 60.7 Å². The lowest BCUT2D eigenvalue weighted by atomic mass is 10.0. The highest BCUT2D eigenvalue weighted by Crippen LogP contribution is 2.42. The zero-order valence-electron chi connectivity index (χ0n) is 17.7. The molecule has 2 fully saturated rings. The number of H-pyrrole nitrogens is 1. The summed E-state index contributed by atoms with van der Waals surface area (Å²) in [6, 6.07) is 20.6. The van der Waals surface area contributed by atoms with Crippen molar-refractivity contribution in [3.63, 3.8) is 0 Å². The van der Waals surface area contributed by atoms with Gasteiger partial charge >= 0.3 is 0 Å². The number of hydrogen-bond donors (Lipinski definition) is 3. The normalized spacial score (nSPS) is 18.1. The van der Waals surface area contributed by atoms with Crippen molar-refractivity contribution in [1.29, 1.82) is 0 Å². The molecule has 0 bridgehead atoms. The van der Waals surface area contributed by atoms with E-state index in [1.54, 1.807) is 0 Å². The van der Waals surface area contributed by atoms with E-state index in [4.69, 9.17) is 0 Å². The van der Waals surface area contributed by atoms with Crippen LogP contribution in [0, 0.1) is 11.8 Å². The minimum atomic E-state index is -3.77. The van der Waals surface area contributed by atoms with Gasteiger partial charge in [0.05, 0.1) is 6.04 Å². The van der Waals surface area contributed by atoms with Crippen LogP contribution in [0.5, 0.6) is 0 Å². The van der Waals surface area contributed by atoms with E-state index >= 15 is 0 Å². The van der Waals surface area contributed by atoms with Crippen LogP contribution >= 0.6 is 0 Å². The molecule has 2 saturated carbocycles. The van der Waals surface area contributed by atoms with E-state index in [0.29, 0.717) is 11.8 Å². The van der Waals surface area contributed by atoms with Crippen molar-refractivity contribution >= 4 is 15.9 Å². The summed E-state index contributed by atoms with van der Waals surface area (Å²) in [7, 11) is -3.77. The number of nitrogens with one attached hydrogen (secondary N) is 3. The second-order valence-electron chi connectivity index (χ2n) is 8.80. The van der Waals surface area contributed by atoms with Gasteiger partial charge in [-0.2, -0.15) is 0 Å². The van der Waals surface area contributed by atoms with Gasteiger partial charge in [-0.15, -0.1) is 0 Å². The maximum atomic E-state index is 13.1. The summed E-state index contributed by atoms with van der Waals surface area (Å²) < 4.78 is 29.0. The Morgan fingerprint density at radius 3 is 1.94 bits per heavy atom. The van der Waals surface area contributed by atoms with E-state index in [9.17, 15) is 13.2 Å². The van der Waals surface area contributed by atoms with Crippen molar-refractivity contribution in [2.24, 2.45) is 11.8 Å². The molecule has 3 N–H and O–H groups in total. The molecule has 1 amide bonds. The van der Waals surface area contributed by atoms with Crippen LogP contribution in [0.15, 0.2) is 77.8 Å². The molecule has 6 nitrogen and oxygen atoms in total. The molecular weight excluding hydrogens is 422 g/mol. The fourth-order valence-electron chi connectivity index (χ4n) is 4.20. The van der Waals surface area contributed by atoms with Gasteiger partial charge in [0.2, 0.25) is 10.0 Å². The maximum absolute atomic E-state index is 13.1. The number of rotatable bonds is 9. The van der Waals surface area contributed by atoms with Crippen LogP contribution < -0.4 is 10.0 Å². The second kappa shape index (κ2) is 8.56. The predicted octanol–water partition coefficient (Wildman–Crippen LogP) is 4.33. The highest BCUT2D eigenvalue weighted by atomic mass is 32.2. The summed E-state index contributed by atoms with van der Waals surface area (Å²) in [5.74, 6) is 0.430. The predicted molar refractivity (Wildman–Crippen MR) is 122 cm³/mol. The number of hydrogen-bond acceptors (Lipinski definition) is 3. The van der Waals surface area contributed by atoms with Crippen LogP contribution in [0.3, 0.4) is 0 Å². The quantitative estimate of drug-likeness (QED) is 0.454. The van der Waals surface area contributed by atoms with Crippen LogP contribution in [0.4, 0.5) is 0 Å². The van der Waals surface area contributed by atoms with Crippen molar-refractivity contribution in [2.75, 3.05) is 0 Å². The molecule has 166 valence electrons. The summed E-state index contributed by atoms with van der Waals surface area (Å²) in [5, 5.41) is 3.09. The van der Waals surface area contributed by atoms with Gasteiger partial charge in [0, 0.05) is 12.2 Å². The third-order valence-corrected chi connectivity index (χ3v) is 7.70. The monoisotopic (exact) mass is 449 g/mol.